The fourth-order valence-corrected chi connectivity index (χ4v) is 1.46. The zero-order chi connectivity index (χ0) is 13.0. The lowest BCUT2D eigenvalue weighted by Crippen LogP contribution is -1.99. The Morgan fingerprint density at radius 1 is 1.28 bits per heavy atom. The zero-order valence-electron chi connectivity index (χ0n) is 9.83. The van der Waals surface area contributed by atoms with Crippen LogP contribution in [0.1, 0.15) is 11.3 Å². The molecular weight excluding hydrogens is 232 g/mol. The summed E-state index contributed by atoms with van der Waals surface area (Å²) in [6, 6.07) is 8.60. The quantitative estimate of drug-likeness (QED) is 0.892. The molecule has 2 aromatic rings. The molecule has 0 saturated carbocycles. The second-order valence-corrected chi connectivity index (χ2v) is 3.81. The maximum absolute atomic E-state index is 10.5. The van der Waals surface area contributed by atoms with Gasteiger partial charge in [0.05, 0.1) is 6.42 Å². The number of aromatic nitrogens is 2. The summed E-state index contributed by atoms with van der Waals surface area (Å²) in [7, 11) is 0. The van der Waals surface area contributed by atoms with Crippen LogP contribution in [0.5, 0.6) is 11.6 Å². The van der Waals surface area contributed by atoms with E-state index in [0.29, 0.717) is 11.6 Å². The molecule has 18 heavy (non-hydrogen) atoms. The van der Waals surface area contributed by atoms with Crippen LogP contribution in [0.15, 0.2) is 36.7 Å². The highest BCUT2D eigenvalue weighted by atomic mass is 16.5. The van der Waals surface area contributed by atoms with E-state index in [9.17, 15) is 4.79 Å². The molecule has 5 nitrogen and oxygen atoms in total. The molecular formula is C13H12N2O3. The Balaban J connectivity index is 2.08. The van der Waals surface area contributed by atoms with E-state index in [0.717, 1.165) is 11.3 Å². The predicted octanol–water partition coefficient (Wildman–Crippen LogP) is 2.20. The Kier molecular flexibility index (Phi) is 3.52. The molecule has 1 heterocycles. The van der Waals surface area contributed by atoms with Gasteiger partial charge in [0.1, 0.15) is 12.1 Å². The standard InChI is InChI=1S/C13H12N2O3/c1-9-6-12(15-8-14-9)18-11-4-2-10(3-5-11)7-13(16)17/h2-6,8H,7H2,1H3,(H,16,17). The van der Waals surface area contributed by atoms with Crippen LogP contribution < -0.4 is 4.74 Å². The molecule has 1 aromatic carbocycles. The molecule has 0 aliphatic carbocycles. The third-order valence-electron chi connectivity index (χ3n) is 2.28. The van der Waals surface area contributed by atoms with Crippen LogP contribution in [0.25, 0.3) is 0 Å². The fourth-order valence-electron chi connectivity index (χ4n) is 1.46. The Morgan fingerprint density at radius 2 is 2.00 bits per heavy atom. The van der Waals surface area contributed by atoms with Crippen LogP contribution in [0.3, 0.4) is 0 Å². The van der Waals surface area contributed by atoms with E-state index in [4.69, 9.17) is 9.84 Å². The number of hydrogen-bond donors (Lipinski definition) is 1. The zero-order valence-corrected chi connectivity index (χ0v) is 9.83. The smallest absolute Gasteiger partial charge is 0.307 e. The van der Waals surface area contributed by atoms with Gasteiger partial charge in [0.2, 0.25) is 5.88 Å². The van der Waals surface area contributed by atoms with E-state index in [2.05, 4.69) is 9.97 Å². The predicted molar refractivity (Wildman–Crippen MR) is 64.6 cm³/mol. The number of nitrogens with zero attached hydrogens (tertiary/aromatic N) is 2. The Hall–Kier alpha value is -2.43. The van der Waals surface area contributed by atoms with Gasteiger partial charge in [0.25, 0.3) is 0 Å². The van der Waals surface area contributed by atoms with Crippen LogP contribution in [0.2, 0.25) is 0 Å². The molecule has 92 valence electrons. The van der Waals surface area contributed by atoms with Gasteiger partial charge in [-0.15, -0.1) is 0 Å². The van der Waals surface area contributed by atoms with Crippen molar-refractivity contribution < 1.29 is 14.6 Å². The molecule has 0 aliphatic heterocycles. The molecule has 0 unspecified atom stereocenters. The molecule has 1 N–H and O–H groups in total. The molecule has 0 bridgehead atoms. The summed E-state index contributed by atoms with van der Waals surface area (Å²) in [6.45, 7) is 1.85. The lowest BCUT2D eigenvalue weighted by Gasteiger charge is -2.05. The summed E-state index contributed by atoms with van der Waals surface area (Å²) in [5.41, 5.74) is 1.55. The summed E-state index contributed by atoms with van der Waals surface area (Å²) in [6.07, 6.45) is 1.44. The van der Waals surface area contributed by atoms with E-state index in [1.54, 1.807) is 30.3 Å². The first kappa shape index (κ1) is 12.0. The molecule has 0 amide bonds. The molecule has 0 fully saturated rings. The van der Waals surface area contributed by atoms with Gasteiger partial charge in [0, 0.05) is 11.8 Å². The maximum atomic E-state index is 10.5. The number of carbonyl (C=O) groups is 1. The molecule has 0 aliphatic rings. The number of hydrogen-bond acceptors (Lipinski definition) is 4. The van der Waals surface area contributed by atoms with Crippen LogP contribution in [0, 0.1) is 6.92 Å². The number of ether oxygens (including phenoxy) is 1. The summed E-state index contributed by atoms with van der Waals surface area (Å²) >= 11 is 0. The van der Waals surface area contributed by atoms with Gasteiger partial charge in [-0.2, -0.15) is 0 Å². The molecule has 0 atom stereocenters. The highest BCUT2D eigenvalue weighted by Gasteiger charge is 2.02. The van der Waals surface area contributed by atoms with Gasteiger partial charge in [0.15, 0.2) is 0 Å². The lowest BCUT2D eigenvalue weighted by atomic mass is 10.1. The monoisotopic (exact) mass is 244 g/mol. The van der Waals surface area contributed by atoms with Crippen LogP contribution in [-0.4, -0.2) is 21.0 Å². The fraction of sp³-hybridized carbons (Fsp3) is 0.154. The Labute approximate surface area is 104 Å². The number of carboxylic acids is 1. The normalized spacial score (nSPS) is 10.1. The van der Waals surface area contributed by atoms with Gasteiger partial charge in [-0.3, -0.25) is 4.79 Å². The molecule has 2 rings (SSSR count). The van der Waals surface area contributed by atoms with Gasteiger partial charge in [-0.25, -0.2) is 9.97 Å². The largest absolute Gasteiger partial charge is 0.481 e. The van der Waals surface area contributed by atoms with Crippen molar-refractivity contribution in [2.45, 2.75) is 13.3 Å². The molecule has 0 saturated heterocycles. The topological polar surface area (TPSA) is 72.3 Å². The van der Waals surface area contributed by atoms with Crippen molar-refractivity contribution in [2.24, 2.45) is 0 Å². The molecule has 5 heteroatoms. The summed E-state index contributed by atoms with van der Waals surface area (Å²) in [4.78, 5) is 18.5. The van der Waals surface area contributed by atoms with E-state index in [1.807, 2.05) is 6.92 Å². The van der Waals surface area contributed by atoms with E-state index in [1.165, 1.54) is 6.33 Å². The van der Waals surface area contributed by atoms with Crippen molar-refractivity contribution in [3.63, 3.8) is 0 Å². The van der Waals surface area contributed by atoms with Crippen LogP contribution in [0.4, 0.5) is 0 Å². The molecule has 0 radical (unpaired) electrons. The van der Waals surface area contributed by atoms with Crippen LogP contribution >= 0.6 is 0 Å². The average Bonchev–Trinajstić information content (AvgIpc) is 2.31. The summed E-state index contributed by atoms with van der Waals surface area (Å²) < 4.78 is 5.52. The Morgan fingerprint density at radius 3 is 2.61 bits per heavy atom. The first-order valence-corrected chi connectivity index (χ1v) is 5.41. The minimum atomic E-state index is -0.852. The second-order valence-electron chi connectivity index (χ2n) is 3.81. The number of rotatable bonds is 4. The van der Waals surface area contributed by atoms with Crippen molar-refractivity contribution in [1.82, 2.24) is 9.97 Å². The Bertz CT molecular complexity index is 552. The highest BCUT2D eigenvalue weighted by Crippen LogP contribution is 2.19. The third kappa shape index (κ3) is 3.28. The van der Waals surface area contributed by atoms with E-state index >= 15 is 0 Å². The van der Waals surface area contributed by atoms with E-state index in [-0.39, 0.29) is 6.42 Å². The minimum absolute atomic E-state index is 0.00684. The highest BCUT2D eigenvalue weighted by molar-refractivity contribution is 5.70. The first-order chi connectivity index (χ1) is 8.63. The number of aryl methyl sites for hydroxylation is 1. The van der Waals surface area contributed by atoms with E-state index < -0.39 is 5.97 Å². The summed E-state index contributed by atoms with van der Waals surface area (Å²) in [5.74, 6) is 0.228. The maximum Gasteiger partial charge on any atom is 0.307 e. The van der Waals surface area contributed by atoms with Gasteiger partial charge < -0.3 is 9.84 Å². The molecule has 1 aromatic heterocycles. The first-order valence-electron chi connectivity index (χ1n) is 5.41. The lowest BCUT2D eigenvalue weighted by molar-refractivity contribution is -0.136. The third-order valence-corrected chi connectivity index (χ3v) is 2.28. The molecule has 0 spiro atoms. The average molecular weight is 244 g/mol. The number of carboxylic acid groups (broad SMARTS) is 1. The van der Waals surface area contributed by atoms with Crippen molar-refractivity contribution in [1.29, 1.82) is 0 Å². The minimum Gasteiger partial charge on any atom is -0.481 e. The van der Waals surface area contributed by atoms with Crippen molar-refractivity contribution in [3.8, 4) is 11.6 Å². The van der Waals surface area contributed by atoms with Gasteiger partial charge in [-0.05, 0) is 24.6 Å². The number of benzene rings is 1. The van der Waals surface area contributed by atoms with Crippen molar-refractivity contribution in [3.05, 3.63) is 47.9 Å². The second kappa shape index (κ2) is 5.27. The van der Waals surface area contributed by atoms with Crippen molar-refractivity contribution >= 4 is 5.97 Å². The number of aliphatic carboxylic acids is 1. The van der Waals surface area contributed by atoms with Gasteiger partial charge in [-0.1, -0.05) is 12.1 Å². The van der Waals surface area contributed by atoms with Crippen LogP contribution in [-0.2, 0) is 11.2 Å². The van der Waals surface area contributed by atoms with Crippen molar-refractivity contribution in [2.75, 3.05) is 0 Å². The van der Waals surface area contributed by atoms with Gasteiger partial charge >= 0.3 is 5.97 Å². The summed E-state index contributed by atoms with van der Waals surface area (Å²) in [5, 5.41) is 8.65. The SMILES string of the molecule is Cc1cc(Oc2ccc(CC(=O)O)cc2)ncn1.